The maximum atomic E-state index is 6.01. The van der Waals surface area contributed by atoms with E-state index in [9.17, 15) is 0 Å². The molecule has 0 bridgehead atoms. The Hall–Kier alpha value is -1.06. The van der Waals surface area contributed by atoms with E-state index in [1.54, 1.807) is 0 Å². The summed E-state index contributed by atoms with van der Waals surface area (Å²) in [7, 11) is 0. The quantitative estimate of drug-likeness (QED) is 0.766. The molecule has 1 aromatic heterocycles. The Kier molecular flexibility index (Phi) is 2.81. The number of nitrogens with zero attached hydrogens (tertiary/aromatic N) is 2. The highest BCUT2D eigenvalue weighted by Crippen LogP contribution is 2.31. The van der Waals surface area contributed by atoms with Crippen LogP contribution in [0.1, 0.15) is 25.2 Å². The van der Waals surface area contributed by atoms with Crippen LogP contribution in [0.25, 0.3) is 11.0 Å². The Bertz CT molecular complexity index is 537. The van der Waals surface area contributed by atoms with Crippen LogP contribution < -0.4 is 0 Å². The fraction of sp³-hybridized carbons (Fsp3) is 0.462. The summed E-state index contributed by atoms with van der Waals surface area (Å²) in [6.45, 7) is 2.94. The third-order valence-corrected chi connectivity index (χ3v) is 3.70. The molecule has 2 heterocycles. The maximum Gasteiger partial charge on any atom is 0.125 e. The molecule has 2 unspecified atom stereocenters. The van der Waals surface area contributed by atoms with E-state index in [1.165, 1.54) is 0 Å². The maximum absolute atomic E-state index is 6.01. The summed E-state index contributed by atoms with van der Waals surface area (Å²) in [5, 5.41) is 0. The van der Waals surface area contributed by atoms with Crippen LogP contribution in [0.15, 0.2) is 24.3 Å². The van der Waals surface area contributed by atoms with Crippen molar-refractivity contribution in [2.75, 3.05) is 6.61 Å². The fourth-order valence-electron chi connectivity index (χ4n) is 2.62. The van der Waals surface area contributed by atoms with Crippen molar-refractivity contribution in [3.05, 3.63) is 30.1 Å². The zero-order chi connectivity index (χ0) is 11.8. The Morgan fingerprint density at radius 2 is 2.29 bits per heavy atom. The Balaban J connectivity index is 2.18. The van der Waals surface area contributed by atoms with E-state index >= 15 is 0 Å². The molecule has 0 N–H and O–H groups in total. The lowest BCUT2D eigenvalue weighted by Crippen LogP contribution is -2.18. The molecule has 2 aromatic rings. The highest BCUT2D eigenvalue weighted by atomic mass is 35.5. The van der Waals surface area contributed by atoms with E-state index < -0.39 is 0 Å². The number of rotatable bonds is 2. The van der Waals surface area contributed by atoms with Gasteiger partial charge in [0.2, 0.25) is 0 Å². The summed E-state index contributed by atoms with van der Waals surface area (Å²) in [5.74, 6) is 1.38. The molecular formula is C13H15ClN2O. The van der Waals surface area contributed by atoms with E-state index in [0.717, 1.165) is 29.9 Å². The van der Waals surface area contributed by atoms with Crippen LogP contribution in [0, 0.1) is 0 Å². The predicted octanol–water partition coefficient (Wildman–Crippen LogP) is 3.13. The molecule has 17 heavy (non-hydrogen) atoms. The van der Waals surface area contributed by atoms with Crippen LogP contribution in [0.5, 0.6) is 0 Å². The summed E-state index contributed by atoms with van der Waals surface area (Å²) >= 11 is 6.01. The summed E-state index contributed by atoms with van der Waals surface area (Å²) in [5.41, 5.74) is 2.17. The van der Waals surface area contributed by atoms with Gasteiger partial charge in [0, 0.05) is 6.61 Å². The van der Waals surface area contributed by atoms with Crippen molar-refractivity contribution in [2.45, 2.75) is 31.4 Å². The van der Waals surface area contributed by atoms with E-state index in [2.05, 4.69) is 22.5 Å². The third-order valence-electron chi connectivity index (χ3n) is 3.46. The van der Waals surface area contributed by atoms with Gasteiger partial charge in [-0.15, -0.1) is 11.6 Å². The van der Waals surface area contributed by atoms with Crippen molar-refractivity contribution in [2.24, 2.45) is 0 Å². The molecule has 0 amide bonds. The van der Waals surface area contributed by atoms with Crippen molar-refractivity contribution in [3.8, 4) is 0 Å². The normalized spacial score (nSPS) is 24.6. The van der Waals surface area contributed by atoms with Crippen LogP contribution in [-0.2, 0) is 10.6 Å². The fourth-order valence-corrected chi connectivity index (χ4v) is 2.81. The number of ether oxygens (including phenoxy) is 1. The van der Waals surface area contributed by atoms with E-state index in [-0.39, 0.29) is 6.10 Å². The second-order valence-corrected chi connectivity index (χ2v) is 4.72. The average molecular weight is 251 g/mol. The monoisotopic (exact) mass is 250 g/mol. The molecule has 0 spiro atoms. The van der Waals surface area contributed by atoms with Crippen molar-refractivity contribution >= 4 is 22.6 Å². The Labute approximate surface area is 105 Å². The summed E-state index contributed by atoms with van der Waals surface area (Å²) < 4.78 is 7.90. The first-order valence-corrected chi connectivity index (χ1v) is 6.48. The van der Waals surface area contributed by atoms with Crippen molar-refractivity contribution < 1.29 is 4.74 Å². The number of aromatic nitrogens is 2. The molecule has 1 aliphatic rings. The van der Waals surface area contributed by atoms with Crippen molar-refractivity contribution in [1.29, 1.82) is 0 Å². The van der Waals surface area contributed by atoms with Gasteiger partial charge in [0.15, 0.2) is 0 Å². The molecule has 0 saturated carbocycles. The first-order chi connectivity index (χ1) is 8.31. The molecule has 1 aromatic carbocycles. The summed E-state index contributed by atoms with van der Waals surface area (Å²) in [6, 6.07) is 8.54. The smallest absolute Gasteiger partial charge is 0.125 e. The molecule has 3 rings (SSSR count). The lowest BCUT2D eigenvalue weighted by molar-refractivity contribution is 0.108. The molecule has 1 saturated heterocycles. The summed E-state index contributed by atoms with van der Waals surface area (Å²) in [4.78, 5) is 4.59. The second-order valence-electron chi connectivity index (χ2n) is 4.45. The number of imidazole rings is 1. The molecule has 1 aliphatic heterocycles. The van der Waals surface area contributed by atoms with Crippen LogP contribution in [-0.4, -0.2) is 22.3 Å². The number of halogens is 1. The van der Waals surface area contributed by atoms with Gasteiger partial charge in [-0.3, -0.25) is 0 Å². The van der Waals surface area contributed by atoms with E-state index in [0.29, 0.717) is 11.9 Å². The van der Waals surface area contributed by atoms with Crippen LogP contribution >= 0.6 is 11.6 Å². The largest absolute Gasteiger partial charge is 0.376 e. The predicted molar refractivity (Wildman–Crippen MR) is 68.4 cm³/mol. The molecule has 4 heteroatoms. The molecule has 90 valence electrons. The van der Waals surface area contributed by atoms with Gasteiger partial charge in [0.1, 0.15) is 5.82 Å². The molecule has 1 fully saturated rings. The van der Waals surface area contributed by atoms with Gasteiger partial charge in [-0.05, 0) is 25.5 Å². The van der Waals surface area contributed by atoms with Crippen molar-refractivity contribution in [1.82, 2.24) is 9.55 Å². The zero-order valence-electron chi connectivity index (χ0n) is 9.77. The third kappa shape index (κ3) is 1.74. The minimum Gasteiger partial charge on any atom is -0.376 e. The number of para-hydroxylation sites is 2. The molecule has 3 nitrogen and oxygen atoms in total. The van der Waals surface area contributed by atoms with E-state index in [4.69, 9.17) is 16.3 Å². The van der Waals surface area contributed by atoms with Crippen LogP contribution in [0.3, 0.4) is 0 Å². The van der Waals surface area contributed by atoms with Gasteiger partial charge in [-0.25, -0.2) is 4.98 Å². The minimum absolute atomic E-state index is 0.231. The molecular weight excluding hydrogens is 236 g/mol. The van der Waals surface area contributed by atoms with Gasteiger partial charge < -0.3 is 9.30 Å². The molecule has 0 radical (unpaired) electrons. The zero-order valence-corrected chi connectivity index (χ0v) is 10.5. The first kappa shape index (κ1) is 11.1. The second kappa shape index (κ2) is 4.31. The van der Waals surface area contributed by atoms with Crippen LogP contribution in [0.2, 0.25) is 0 Å². The Morgan fingerprint density at radius 3 is 3.00 bits per heavy atom. The van der Waals surface area contributed by atoms with Gasteiger partial charge in [0.05, 0.1) is 29.1 Å². The van der Waals surface area contributed by atoms with Crippen LogP contribution in [0.4, 0.5) is 0 Å². The lowest BCUT2D eigenvalue weighted by atomic mass is 10.1. The number of hydrogen-bond donors (Lipinski definition) is 0. The van der Waals surface area contributed by atoms with Gasteiger partial charge in [-0.1, -0.05) is 12.1 Å². The van der Waals surface area contributed by atoms with Gasteiger partial charge >= 0.3 is 0 Å². The highest BCUT2D eigenvalue weighted by molar-refractivity contribution is 6.16. The van der Waals surface area contributed by atoms with Gasteiger partial charge in [0.25, 0.3) is 0 Å². The van der Waals surface area contributed by atoms with Gasteiger partial charge in [-0.2, -0.15) is 0 Å². The first-order valence-electron chi connectivity index (χ1n) is 5.94. The number of benzene rings is 1. The molecule has 2 atom stereocenters. The minimum atomic E-state index is 0.231. The van der Waals surface area contributed by atoms with E-state index in [1.807, 2.05) is 18.2 Å². The highest BCUT2D eigenvalue weighted by Gasteiger charge is 2.28. The topological polar surface area (TPSA) is 27.1 Å². The molecule has 0 aliphatic carbocycles. The lowest BCUT2D eigenvalue weighted by Gasteiger charge is -2.19. The average Bonchev–Trinajstić information content (AvgIpc) is 2.91. The Morgan fingerprint density at radius 1 is 1.47 bits per heavy atom. The SMILES string of the molecule is CC1OCCC1n1c(CCl)nc2ccccc21. The number of alkyl halides is 1. The standard InChI is InChI=1S/C13H15ClN2O/c1-9-11(6-7-17-9)16-12-5-3-2-4-10(12)15-13(16)8-14/h2-5,9,11H,6-8H2,1H3. The summed E-state index contributed by atoms with van der Waals surface area (Å²) in [6.07, 6.45) is 1.26. The number of fused-ring (bicyclic) bond motifs is 1. The van der Waals surface area contributed by atoms with Crippen molar-refractivity contribution in [3.63, 3.8) is 0 Å². The number of hydrogen-bond acceptors (Lipinski definition) is 2.